The van der Waals surface area contributed by atoms with Crippen molar-refractivity contribution in [1.29, 1.82) is 0 Å². The highest BCUT2D eigenvalue weighted by Crippen LogP contribution is 2.31. The summed E-state index contributed by atoms with van der Waals surface area (Å²) in [6.45, 7) is 5.70. The van der Waals surface area contributed by atoms with Gasteiger partial charge in [0, 0.05) is 18.0 Å². The fourth-order valence-electron chi connectivity index (χ4n) is 2.29. The molecule has 2 heterocycles. The normalized spacial score (nSPS) is 22.5. The van der Waals surface area contributed by atoms with Crippen LogP contribution in [-0.2, 0) is 14.6 Å². The van der Waals surface area contributed by atoms with Crippen molar-refractivity contribution in [2.24, 2.45) is 0 Å². The molecular formula is C13H18ClNO3S2. The van der Waals surface area contributed by atoms with E-state index < -0.39 is 14.6 Å². The Kier molecular flexibility index (Phi) is 4.19. The zero-order valence-corrected chi connectivity index (χ0v) is 14.1. The quantitative estimate of drug-likeness (QED) is 0.834. The van der Waals surface area contributed by atoms with Gasteiger partial charge in [0.25, 0.3) is 0 Å². The molecule has 7 heteroatoms. The molecule has 1 aliphatic heterocycles. The number of amides is 1. The van der Waals surface area contributed by atoms with Gasteiger partial charge in [-0.1, -0.05) is 11.6 Å². The maximum Gasteiger partial charge on any atom is 0.230 e. The van der Waals surface area contributed by atoms with Crippen LogP contribution in [0.5, 0.6) is 0 Å². The number of hydrogen-bond acceptors (Lipinski definition) is 4. The Morgan fingerprint density at radius 3 is 2.60 bits per heavy atom. The average Bonchev–Trinajstić information content (AvgIpc) is 2.77. The number of hydrogen-bond donors (Lipinski definition) is 0. The molecule has 4 nitrogen and oxygen atoms in total. The summed E-state index contributed by atoms with van der Waals surface area (Å²) in [5.41, 5.74) is 0. The minimum absolute atomic E-state index is 0.0314. The second kappa shape index (κ2) is 5.31. The van der Waals surface area contributed by atoms with E-state index in [0.29, 0.717) is 4.34 Å². The molecule has 0 saturated carbocycles. The van der Waals surface area contributed by atoms with Crippen molar-refractivity contribution in [1.82, 2.24) is 4.90 Å². The number of carbonyl (C=O) groups excluding carboxylic acids is 1. The first-order valence-electron chi connectivity index (χ1n) is 6.40. The lowest BCUT2D eigenvalue weighted by molar-refractivity contribution is -0.132. The topological polar surface area (TPSA) is 54.5 Å². The molecule has 0 aromatic carbocycles. The number of sulfone groups is 1. The highest BCUT2D eigenvalue weighted by atomic mass is 35.5. The second-order valence-corrected chi connectivity index (χ2v) is 10.2. The Hall–Kier alpha value is -0.590. The van der Waals surface area contributed by atoms with Crippen LogP contribution in [0.1, 0.15) is 31.6 Å². The Balaban J connectivity index is 2.15. The molecule has 0 aliphatic carbocycles. The molecule has 1 saturated heterocycles. The Bertz CT molecular complexity index is 621. The van der Waals surface area contributed by atoms with Gasteiger partial charge in [-0.05, 0) is 32.9 Å². The number of carbonyl (C=O) groups is 1. The predicted octanol–water partition coefficient (Wildman–Crippen LogP) is 2.54. The summed E-state index contributed by atoms with van der Waals surface area (Å²) in [5, 5.41) is 0. The molecule has 1 aromatic rings. The van der Waals surface area contributed by atoms with Crippen LogP contribution in [-0.4, -0.2) is 42.8 Å². The van der Waals surface area contributed by atoms with E-state index in [4.69, 9.17) is 11.6 Å². The van der Waals surface area contributed by atoms with Crippen LogP contribution >= 0.6 is 22.9 Å². The average molecular weight is 336 g/mol. The van der Waals surface area contributed by atoms with E-state index in [1.165, 1.54) is 11.3 Å². The zero-order chi connectivity index (χ0) is 15.1. The molecule has 112 valence electrons. The summed E-state index contributed by atoms with van der Waals surface area (Å²) < 4.78 is 23.7. The van der Waals surface area contributed by atoms with Crippen molar-refractivity contribution >= 4 is 38.7 Å². The summed E-state index contributed by atoms with van der Waals surface area (Å²) in [7, 11) is -3.13. The highest BCUT2D eigenvalue weighted by Gasteiger charge is 2.42. The summed E-state index contributed by atoms with van der Waals surface area (Å²) in [5.74, 6) is -0.292. The lowest BCUT2D eigenvalue weighted by Crippen LogP contribution is -2.55. The van der Waals surface area contributed by atoms with Gasteiger partial charge in [0.15, 0.2) is 9.84 Å². The molecule has 2 rings (SSSR count). The molecule has 1 fully saturated rings. The fourth-order valence-corrected chi connectivity index (χ4v) is 4.76. The van der Waals surface area contributed by atoms with E-state index in [-0.39, 0.29) is 30.7 Å². The first-order valence-corrected chi connectivity index (χ1v) is 9.25. The number of nitrogens with zero attached hydrogens (tertiary/aromatic N) is 1. The molecular weight excluding hydrogens is 318 g/mol. The van der Waals surface area contributed by atoms with Crippen LogP contribution in [0, 0.1) is 0 Å². The minimum Gasteiger partial charge on any atom is -0.340 e. The summed E-state index contributed by atoms with van der Waals surface area (Å²) in [6, 6.07) is 3.62. The molecule has 1 aromatic heterocycles. The first kappa shape index (κ1) is 15.8. The van der Waals surface area contributed by atoms with E-state index in [2.05, 4.69) is 0 Å². The lowest BCUT2D eigenvalue weighted by atomic mass is 10.1. The fraction of sp³-hybridized carbons (Fsp3) is 0.615. The van der Waals surface area contributed by atoms with Crippen molar-refractivity contribution in [2.75, 3.05) is 18.8 Å². The van der Waals surface area contributed by atoms with E-state index >= 15 is 0 Å². The maximum absolute atomic E-state index is 12.5. The van der Waals surface area contributed by atoms with E-state index in [0.717, 1.165) is 4.88 Å². The van der Waals surface area contributed by atoms with Crippen LogP contribution in [0.3, 0.4) is 0 Å². The van der Waals surface area contributed by atoms with Gasteiger partial charge in [-0.25, -0.2) is 8.42 Å². The molecule has 0 bridgehead atoms. The van der Waals surface area contributed by atoms with Gasteiger partial charge in [0.05, 0.1) is 20.8 Å². The second-order valence-electron chi connectivity index (χ2n) is 5.70. The van der Waals surface area contributed by atoms with Gasteiger partial charge in [-0.2, -0.15) is 0 Å². The van der Waals surface area contributed by atoms with Gasteiger partial charge in [0.1, 0.15) is 0 Å². The Morgan fingerprint density at radius 1 is 1.45 bits per heavy atom. The largest absolute Gasteiger partial charge is 0.340 e. The van der Waals surface area contributed by atoms with Crippen LogP contribution in [0.4, 0.5) is 0 Å². The minimum atomic E-state index is -3.13. The van der Waals surface area contributed by atoms with Crippen molar-refractivity contribution in [2.45, 2.75) is 31.4 Å². The SMILES string of the molecule is CC(C(=O)N1CCS(=O)(=O)C(C)(C)C1)c1ccc(Cl)s1. The van der Waals surface area contributed by atoms with Gasteiger partial charge < -0.3 is 4.90 Å². The van der Waals surface area contributed by atoms with Crippen LogP contribution in [0.15, 0.2) is 12.1 Å². The number of halogens is 1. The number of thiophene rings is 1. The first-order chi connectivity index (χ1) is 9.14. The predicted molar refractivity (Wildman–Crippen MR) is 82.2 cm³/mol. The highest BCUT2D eigenvalue weighted by molar-refractivity contribution is 7.92. The van der Waals surface area contributed by atoms with Crippen LogP contribution < -0.4 is 0 Å². The van der Waals surface area contributed by atoms with E-state index in [9.17, 15) is 13.2 Å². The molecule has 1 aliphatic rings. The molecule has 0 radical (unpaired) electrons. The third kappa shape index (κ3) is 2.87. The molecule has 0 N–H and O–H groups in total. The molecule has 20 heavy (non-hydrogen) atoms. The maximum atomic E-state index is 12.5. The van der Waals surface area contributed by atoms with E-state index in [1.54, 1.807) is 24.8 Å². The van der Waals surface area contributed by atoms with Gasteiger partial charge >= 0.3 is 0 Å². The molecule has 1 unspecified atom stereocenters. The van der Waals surface area contributed by atoms with Gasteiger partial charge in [-0.15, -0.1) is 11.3 Å². The molecule has 1 amide bonds. The van der Waals surface area contributed by atoms with Crippen molar-refractivity contribution < 1.29 is 13.2 Å². The summed E-state index contributed by atoms with van der Waals surface area (Å²) in [6.07, 6.45) is 0. The third-order valence-corrected chi connectivity index (χ3v) is 7.69. The molecule has 0 spiro atoms. The number of rotatable bonds is 2. The van der Waals surface area contributed by atoms with Crippen LogP contribution in [0.25, 0.3) is 0 Å². The van der Waals surface area contributed by atoms with Gasteiger partial charge in [0.2, 0.25) is 5.91 Å². The monoisotopic (exact) mass is 335 g/mol. The van der Waals surface area contributed by atoms with Crippen molar-refractivity contribution in [3.8, 4) is 0 Å². The van der Waals surface area contributed by atoms with E-state index in [1.807, 2.05) is 13.0 Å². The van der Waals surface area contributed by atoms with Crippen LogP contribution in [0.2, 0.25) is 4.34 Å². The summed E-state index contributed by atoms with van der Waals surface area (Å²) >= 11 is 7.28. The smallest absolute Gasteiger partial charge is 0.230 e. The van der Waals surface area contributed by atoms with Crippen molar-refractivity contribution in [3.05, 3.63) is 21.3 Å². The standard InChI is InChI=1S/C13H18ClNO3S2/c1-9(10-4-5-11(14)19-10)12(16)15-6-7-20(17,18)13(2,3)8-15/h4-5,9H,6-8H2,1-3H3. The Labute approximate surface area is 128 Å². The van der Waals surface area contributed by atoms with Gasteiger partial charge in [-0.3, -0.25) is 4.79 Å². The summed E-state index contributed by atoms with van der Waals surface area (Å²) in [4.78, 5) is 15.1. The third-order valence-electron chi connectivity index (χ3n) is 3.75. The Morgan fingerprint density at radius 2 is 2.10 bits per heavy atom. The zero-order valence-electron chi connectivity index (χ0n) is 11.7. The lowest BCUT2D eigenvalue weighted by Gasteiger charge is -2.38. The van der Waals surface area contributed by atoms with Crippen molar-refractivity contribution in [3.63, 3.8) is 0 Å². The molecule has 1 atom stereocenters.